The fourth-order valence-corrected chi connectivity index (χ4v) is 3.59. The van der Waals surface area contributed by atoms with E-state index in [1.807, 2.05) is 12.1 Å². The molecule has 0 bridgehead atoms. The Morgan fingerprint density at radius 1 is 1.10 bits per heavy atom. The van der Waals surface area contributed by atoms with Crippen molar-refractivity contribution in [2.45, 2.75) is 17.7 Å². The van der Waals surface area contributed by atoms with E-state index in [0.29, 0.717) is 22.4 Å². The van der Waals surface area contributed by atoms with Crippen LogP contribution in [0.15, 0.2) is 36.4 Å². The number of hydrogen-bond acceptors (Lipinski definition) is 2. The van der Waals surface area contributed by atoms with Crippen LogP contribution in [0.3, 0.4) is 0 Å². The number of benzene rings is 2. The number of methoxy groups -OCH3 is 2. The van der Waals surface area contributed by atoms with Crippen molar-refractivity contribution in [3.05, 3.63) is 58.1 Å². The lowest BCUT2D eigenvalue weighted by molar-refractivity contribution is 0.354. The molecular formula is C17H16Cl2O2. The molecule has 110 valence electrons. The molecule has 21 heavy (non-hydrogen) atoms. The molecule has 0 saturated carbocycles. The van der Waals surface area contributed by atoms with Gasteiger partial charge < -0.3 is 9.47 Å². The van der Waals surface area contributed by atoms with Gasteiger partial charge >= 0.3 is 0 Å². The molecule has 1 aliphatic carbocycles. The molecule has 0 amide bonds. The van der Waals surface area contributed by atoms with Crippen molar-refractivity contribution in [1.29, 1.82) is 0 Å². The van der Waals surface area contributed by atoms with Gasteiger partial charge in [-0.05, 0) is 29.2 Å². The number of hydrogen-bond donors (Lipinski definition) is 0. The van der Waals surface area contributed by atoms with Crippen LogP contribution in [0.5, 0.6) is 11.5 Å². The highest BCUT2D eigenvalue weighted by molar-refractivity contribution is 6.33. The highest BCUT2D eigenvalue weighted by Crippen LogP contribution is 2.49. The maximum Gasteiger partial charge on any atom is 0.162 e. The Kier molecular flexibility index (Phi) is 4.01. The third kappa shape index (κ3) is 2.47. The van der Waals surface area contributed by atoms with Gasteiger partial charge in [-0.2, -0.15) is 0 Å². The zero-order chi connectivity index (χ0) is 15.0. The molecule has 2 unspecified atom stereocenters. The summed E-state index contributed by atoms with van der Waals surface area (Å²) < 4.78 is 10.6. The third-order valence-electron chi connectivity index (χ3n) is 4.05. The van der Waals surface area contributed by atoms with Gasteiger partial charge in [-0.1, -0.05) is 35.9 Å². The number of fused-ring (bicyclic) bond motifs is 1. The van der Waals surface area contributed by atoms with Crippen molar-refractivity contribution in [2.75, 3.05) is 14.2 Å². The Balaban J connectivity index is 1.94. The molecule has 2 aromatic rings. The number of alkyl halides is 1. The molecule has 0 heterocycles. The van der Waals surface area contributed by atoms with E-state index in [0.717, 1.165) is 12.0 Å². The highest BCUT2D eigenvalue weighted by Gasteiger charge is 2.34. The van der Waals surface area contributed by atoms with Gasteiger partial charge in [0.15, 0.2) is 11.5 Å². The summed E-state index contributed by atoms with van der Waals surface area (Å²) in [6.45, 7) is 0. The van der Waals surface area contributed by atoms with Gasteiger partial charge in [-0.3, -0.25) is 0 Å². The first-order chi connectivity index (χ1) is 10.2. The highest BCUT2D eigenvalue weighted by atomic mass is 35.5. The normalized spacial score (nSPS) is 17.6. The van der Waals surface area contributed by atoms with E-state index < -0.39 is 0 Å². The van der Waals surface area contributed by atoms with E-state index in [9.17, 15) is 0 Å². The van der Waals surface area contributed by atoms with Gasteiger partial charge in [0.25, 0.3) is 0 Å². The van der Waals surface area contributed by atoms with Gasteiger partial charge in [-0.25, -0.2) is 0 Å². The Morgan fingerprint density at radius 2 is 1.76 bits per heavy atom. The average molecular weight is 323 g/mol. The first-order valence-electron chi connectivity index (χ1n) is 6.79. The number of ether oxygens (including phenoxy) is 2. The summed E-state index contributed by atoms with van der Waals surface area (Å²) in [6, 6.07) is 12.0. The molecular weight excluding hydrogens is 307 g/mol. The minimum Gasteiger partial charge on any atom is -0.493 e. The van der Waals surface area contributed by atoms with Crippen LogP contribution in [0.25, 0.3) is 0 Å². The molecule has 0 fully saturated rings. The molecule has 1 aliphatic rings. The van der Waals surface area contributed by atoms with Crippen molar-refractivity contribution in [2.24, 2.45) is 0 Å². The van der Waals surface area contributed by atoms with Crippen molar-refractivity contribution in [3.8, 4) is 11.5 Å². The van der Waals surface area contributed by atoms with E-state index in [1.165, 1.54) is 11.1 Å². The third-order valence-corrected chi connectivity index (χ3v) is 4.91. The Morgan fingerprint density at radius 3 is 2.43 bits per heavy atom. The summed E-state index contributed by atoms with van der Waals surface area (Å²) in [5.41, 5.74) is 3.56. The molecule has 0 radical (unpaired) electrons. The smallest absolute Gasteiger partial charge is 0.162 e. The second-order valence-corrected chi connectivity index (χ2v) is 6.02. The number of halogens is 2. The summed E-state index contributed by atoms with van der Waals surface area (Å²) >= 11 is 13.0. The Labute approximate surface area is 134 Å². The van der Waals surface area contributed by atoms with Gasteiger partial charge in [0.2, 0.25) is 0 Å². The van der Waals surface area contributed by atoms with Crippen LogP contribution in [0.2, 0.25) is 5.02 Å². The first kappa shape index (κ1) is 14.6. The van der Waals surface area contributed by atoms with E-state index in [2.05, 4.69) is 18.2 Å². The summed E-state index contributed by atoms with van der Waals surface area (Å²) in [6.07, 6.45) is 0.981. The molecule has 0 saturated heterocycles. The molecule has 2 atom stereocenters. The van der Waals surface area contributed by atoms with Crippen LogP contribution in [0.4, 0.5) is 0 Å². The van der Waals surface area contributed by atoms with E-state index >= 15 is 0 Å². The molecule has 2 aromatic carbocycles. The Hall–Kier alpha value is -1.38. The fraction of sp³-hybridized carbons (Fsp3) is 0.294. The predicted molar refractivity (Wildman–Crippen MR) is 86.0 cm³/mol. The summed E-state index contributed by atoms with van der Waals surface area (Å²) in [7, 11) is 3.20. The number of rotatable bonds is 4. The predicted octanol–water partition coefficient (Wildman–Crippen LogP) is 4.98. The maximum atomic E-state index is 6.68. The van der Waals surface area contributed by atoms with Crippen LogP contribution in [-0.2, 0) is 6.42 Å². The molecule has 0 aromatic heterocycles. The molecule has 0 spiro atoms. The molecule has 3 rings (SSSR count). The molecule has 0 aliphatic heterocycles. The quantitative estimate of drug-likeness (QED) is 0.739. The summed E-state index contributed by atoms with van der Waals surface area (Å²) in [5, 5.41) is 0.434. The van der Waals surface area contributed by atoms with Crippen molar-refractivity contribution < 1.29 is 9.47 Å². The van der Waals surface area contributed by atoms with Gasteiger partial charge in [0.1, 0.15) is 0 Å². The zero-order valence-electron chi connectivity index (χ0n) is 11.9. The Bertz CT molecular complexity index is 670. The lowest BCUT2D eigenvalue weighted by atomic mass is 9.74. The summed E-state index contributed by atoms with van der Waals surface area (Å²) in [4.78, 5) is 0. The maximum absolute atomic E-state index is 6.68. The van der Waals surface area contributed by atoms with Crippen LogP contribution in [0.1, 0.15) is 28.0 Å². The summed E-state index contributed by atoms with van der Waals surface area (Å²) in [5.74, 6) is 1.55. The van der Waals surface area contributed by atoms with E-state index in [4.69, 9.17) is 32.7 Å². The second kappa shape index (κ2) is 5.78. The minimum absolute atomic E-state index is 0.174. The lowest BCUT2D eigenvalue weighted by Crippen LogP contribution is -2.21. The van der Waals surface area contributed by atoms with Crippen molar-refractivity contribution in [3.63, 3.8) is 0 Å². The van der Waals surface area contributed by atoms with E-state index in [1.54, 1.807) is 20.3 Å². The first-order valence-corrected chi connectivity index (χ1v) is 7.60. The second-order valence-electron chi connectivity index (χ2n) is 5.14. The molecule has 0 N–H and O–H groups in total. The van der Waals surface area contributed by atoms with Gasteiger partial charge in [0, 0.05) is 17.0 Å². The van der Waals surface area contributed by atoms with E-state index in [-0.39, 0.29) is 5.38 Å². The minimum atomic E-state index is -0.174. The monoisotopic (exact) mass is 322 g/mol. The van der Waals surface area contributed by atoms with Crippen LogP contribution in [-0.4, -0.2) is 14.2 Å². The van der Waals surface area contributed by atoms with Crippen molar-refractivity contribution in [1.82, 2.24) is 0 Å². The molecule has 2 nitrogen and oxygen atoms in total. The lowest BCUT2D eigenvalue weighted by Gasteiger charge is -2.34. The standard InChI is InChI=1S/C17H16Cl2O2/c1-20-15-8-13(14(18)9-16(15)21-2)17(19)12-7-10-5-3-4-6-11(10)12/h3-6,8-9,12,17H,7H2,1-2H3. The van der Waals surface area contributed by atoms with Gasteiger partial charge in [0.05, 0.1) is 19.6 Å². The zero-order valence-corrected chi connectivity index (χ0v) is 13.4. The van der Waals surface area contributed by atoms with Crippen LogP contribution < -0.4 is 9.47 Å². The molecule has 4 heteroatoms. The van der Waals surface area contributed by atoms with Crippen molar-refractivity contribution >= 4 is 23.2 Å². The average Bonchev–Trinajstić information content (AvgIpc) is 2.48. The largest absolute Gasteiger partial charge is 0.493 e. The fourth-order valence-electron chi connectivity index (χ4n) is 2.86. The van der Waals surface area contributed by atoms with Crippen LogP contribution in [0, 0.1) is 0 Å². The van der Waals surface area contributed by atoms with Gasteiger partial charge in [-0.15, -0.1) is 11.6 Å². The SMILES string of the molecule is COc1cc(Cl)c(C(Cl)C2Cc3ccccc32)cc1OC. The van der Waals surface area contributed by atoms with Crippen LogP contribution >= 0.6 is 23.2 Å². The topological polar surface area (TPSA) is 18.5 Å².